The molecule has 1 amide bonds. The number of aliphatic hydroxyl groups excluding tert-OH is 1. The molecule has 0 spiro atoms. The average Bonchev–Trinajstić information content (AvgIpc) is 2.42. The van der Waals surface area contributed by atoms with Crippen LogP contribution in [0.1, 0.15) is 38.7 Å². The second-order valence-corrected chi connectivity index (χ2v) is 6.85. The summed E-state index contributed by atoms with van der Waals surface area (Å²) < 4.78 is 0. The standard InChI is InChI=1S/C16H23Cl2NO2/c1-16(2,8-3-9-20)11-19-15(21)7-5-12-4-6-13(17)10-14(12)18/h4,6,10,20H,3,5,7-9,11H2,1-2H3,(H,19,21). The van der Waals surface area contributed by atoms with E-state index < -0.39 is 0 Å². The SMILES string of the molecule is CC(C)(CCCO)CNC(=O)CCc1ccc(Cl)cc1Cl. The monoisotopic (exact) mass is 331 g/mol. The second-order valence-electron chi connectivity index (χ2n) is 6.00. The molecule has 0 fully saturated rings. The lowest BCUT2D eigenvalue weighted by molar-refractivity contribution is -0.121. The van der Waals surface area contributed by atoms with E-state index in [0.29, 0.717) is 29.4 Å². The van der Waals surface area contributed by atoms with Crippen LogP contribution in [0.3, 0.4) is 0 Å². The molecular weight excluding hydrogens is 309 g/mol. The number of carbonyl (C=O) groups excluding carboxylic acids is 1. The second kappa shape index (κ2) is 8.62. The van der Waals surface area contributed by atoms with Crippen LogP contribution in [0.4, 0.5) is 0 Å². The molecule has 5 heteroatoms. The predicted molar refractivity (Wildman–Crippen MR) is 87.9 cm³/mol. The summed E-state index contributed by atoms with van der Waals surface area (Å²) >= 11 is 11.9. The van der Waals surface area contributed by atoms with Crippen LogP contribution in [0.5, 0.6) is 0 Å². The smallest absolute Gasteiger partial charge is 0.220 e. The highest BCUT2D eigenvalue weighted by molar-refractivity contribution is 6.35. The molecule has 0 saturated carbocycles. The van der Waals surface area contributed by atoms with Gasteiger partial charge in [0.2, 0.25) is 5.91 Å². The fraction of sp³-hybridized carbons (Fsp3) is 0.562. The Morgan fingerprint density at radius 2 is 2.05 bits per heavy atom. The van der Waals surface area contributed by atoms with Crippen molar-refractivity contribution in [2.75, 3.05) is 13.2 Å². The molecule has 2 N–H and O–H groups in total. The van der Waals surface area contributed by atoms with Crippen molar-refractivity contribution in [3.05, 3.63) is 33.8 Å². The Morgan fingerprint density at radius 1 is 1.33 bits per heavy atom. The molecular formula is C16H23Cl2NO2. The summed E-state index contributed by atoms with van der Waals surface area (Å²) in [7, 11) is 0. The third-order valence-electron chi connectivity index (χ3n) is 3.41. The number of benzene rings is 1. The van der Waals surface area contributed by atoms with E-state index in [0.717, 1.165) is 18.4 Å². The molecule has 1 aromatic carbocycles. The van der Waals surface area contributed by atoms with Gasteiger partial charge in [0.15, 0.2) is 0 Å². The van der Waals surface area contributed by atoms with Crippen molar-refractivity contribution in [1.29, 1.82) is 0 Å². The van der Waals surface area contributed by atoms with Gasteiger partial charge in [-0.15, -0.1) is 0 Å². The van der Waals surface area contributed by atoms with Crippen LogP contribution in [0.15, 0.2) is 18.2 Å². The van der Waals surface area contributed by atoms with E-state index >= 15 is 0 Å². The van der Waals surface area contributed by atoms with Gasteiger partial charge in [-0.25, -0.2) is 0 Å². The maximum absolute atomic E-state index is 11.9. The highest BCUT2D eigenvalue weighted by Crippen LogP contribution is 2.23. The Balaban J connectivity index is 2.37. The third-order valence-corrected chi connectivity index (χ3v) is 4.00. The first-order valence-electron chi connectivity index (χ1n) is 7.15. The molecule has 0 radical (unpaired) electrons. The van der Waals surface area contributed by atoms with Gasteiger partial charge >= 0.3 is 0 Å². The lowest BCUT2D eigenvalue weighted by Gasteiger charge is -2.24. The van der Waals surface area contributed by atoms with E-state index in [1.165, 1.54) is 0 Å². The molecule has 0 aliphatic carbocycles. The van der Waals surface area contributed by atoms with Gasteiger partial charge < -0.3 is 10.4 Å². The third kappa shape index (κ3) is 7.16. The van der Waals surface area contributed by atoms with Gasteiger partial charge in [-0.05, 0) is 42.4 Å². The Labute approximate surface area is 136 Å². The number of carbonyl (C=O) groups is 1. The molecule has 0 saturated heterocycles. The summed E-state index contributed by atoms with van der Waals surface area (Å²) in [5.74, 6) is 0.0121. The molecule has 0 bridgehead atoms. The molecule has 0 aliphatic rings. The largest absolute Gasteiger partial charge is 0.396 e. The number of hydrogen-bond donors (Lipinski definition) is 2. The Hall–Kier alpha value is -0.770. The topological polar surface area (TPSA) is 49.3 Å². The minimum absolute atomic E-state index is 0.00366. The van der Waals surface area contributed by atoms with E-state index in [-0.39, 0.29) is 17.9 Å². The quantitative estimate of drug-likeness (QED) is 0.760. The summed E-state index contributed by atoms with van der Waals surface area (Å²) in [5.41, 5.74) is 0.923. The zero-order chi connectivity index (χ0) is 15.9. The fourth-order valence-electron chi connectivity index (χ4n) is 2.04. The van der Waals surface area contributed by atoms with Crippen molar-refractivity contribution in [3.63, 3.8) is 0 Å². The van der Waals surface area contributed by atoms with Crippen molar-refractivity contribution < 1.29 is 9.90 Å². The molecule has 0 heterocycles. The summed E-state index contributed by atoms with van der Waals surface area (Å²) in [4.78, 5) is 11.9. The first-order valence-corrected chi connectivity index (χ1v) is 7.91. The zero-order valence-corrected chi connectivity index (χ0v) is 14.1. The van der Waals surface area contributed by atoms with Crippen molar-refractivity contribution >= 4 is 29.1 Å². The number of hydrogen-bond acceptors (Lipinski definition) is 2. The van der Waals surface area contributed by atoms with Gasteiger partial charge in [0.1, 0.15) is 0 Å². The minimum atomic E-state index is -0.00366. The van der Waals surface area contributed by atoms with Gasteiger partial charge in [-0.3, -0.25) is 4.79 Å². The van der Waals surface area contributed by atoms with Gasteiger partial charge in [0.25, 0.3) is 0 Å². The van der Waals surface area contributed by atoms with E-state index in [2.05, 4.69) is 19.2 Å². The Kier molecular flexibility index (Phi) is 7.50. The van der Waals surface area contributed by atoms with Crippen LogP contribution < -0.4 is 5.32 Å². The van der Waals surface area contributed by atoms with Crippen LogP contribution in [0.25, 0.3) is 0 Å². The predicted octanol–water partition coefficient (Wildman–Crippen LogP) is 3.84. The van der Waals surface area contributed by atoms with E-state index in [9.17, 15) is 4.79 Å². The Bertz CT molecular complexity index is 475. The van der Waals surface area contributed by atoms with Gasteiger partial charge in [-0.2, -0.15) is 0 Å². The molecule has 1 rings (SSSR count). The van der Waals surface area contributed by atoms with Crippen LogP contribution in [-0.4, -0.2) is 24.2 Å². The first kappa shape index (κ1) is 18.3. The molecule has 3 nitrogen and oxygen atoms in total. The number of rotatable bonds is 8. The summed E-state index contributed by atoms with van der Waals surface area (Å²) in [6, 6.07) is 5.32. The van der Waals surface area contributed by atoms with Gasteiger partial charge in [0.05, 0.1) is 0 Å². The zero-order valence-electron chi connectivity index (χ0n) is 12.6. The van der Waals surface area contributed by atoms with Crippen molar-refractivity contribution in [3.8, 4) is 0 Å². The van der Waals surface area contributed by atoms with Crippen molar-refractivity contribution in [1.82, 2.24) is 5.32 Å². The first-order chi connectivity index (χ1) is 9.84. The number of halogens is 2. The van der Waals surface area contributed by atoms with Gasteiger partial charge in [-0.1, -0.05) is 43.1 Å². The summed E-state index contributed by atoms with van der Waals surface area (Å²) in [6.45, 7) is 4.96. The molecule has 0 unspecified atom stereocenters. The minimum Gasteiger partial charge on any atom is -0.396 e. The Morgan fingerprint density at radius 3 is 2.67 bits per heavy atom. The molecule has 0 aliphatic heterocycles. The van der Waals surface area contributed by atoms with Crippen LogP contribution in [-0.2, 0) is 11.2 Å². The fourth-order valence-corrected chi connectivity index (χ4v) is 2.55. The number of amides is 1. The molecule has 118 valence electrons. The number of nitrogens with one attached hydrogen (secondary N) is 1. The van der Waals surface area contributed by atoms with E-state index in [4.69, 9.17) is 28.3 Å². The summed E-state index contributed by atoms with van der Waals surface area (Å²) in [6.07, 6.45) is 2.63. The lowest BCUT2D eigenvalue weighted by atomic mass is 9.88. The average molecular weight is 332 g/mol. The molecule has 0 aromatic heterocycles. The van der Waals surface area contributed by atoms with Gasteiger partial charge in [0, 0.05) is 29.6 Å². The highest BCUT2D eigenvalue weighted by atomic mass is 35.5. The van der Waals surface area contributed by atoms with Crippen LogP contribution >= 0.6 is 23.2 Å². The molecule has 1 aromatic rings. The van der Waals surface area contributed by atoms with E-state index in [1.807, 2.05) is 6.07 Å². The van der Waals surface area contributed by atoms with Crippen molar-refractivity contribution in [2.45, 2.75) is 39.5 Å². The lowest BCUT2D eigenvalue weighted by Crippen LogP contribution is -2.34. The van der Waals surface area contributed by atoms with Crippen LogP contribution in [0, 0.1) is 5.41 Å². The summed E-state index contributed by atoms with van der Waals surface area (Å²) in [5, 5.41) is 13.0. The normalized spacial score (nSPS) is 11.5. The number of aliphatic hydroxyl groups is 1. The molecule has 0 atom stereocenters. The van der Waals surface area contributed by atoms with Crippen LogP contribution in [0.2, 0.25) is 10.0 Å². The highest BCUT2D eigenvalue weighted by Gasteiger charge is 2.18. The van der Waals surface area contributed by atoms with E-state index in [1.54, 1.807) is 12.1 Å². The maximum atomic E-state index is 11.9. The van der Waals surface area contributed by atoms with Crippen molar-refractivity contribution in [2.24, 2.45) is 5.41 Å². The maximum Gasteiger partial charge on any atom is 0.220 e. The number of aryl methyl sites for hydroxylation is 1. The molecule has 21 heavy (non-hydrogen) atoms.